The second-order valence-electron chi connectivity index (χ2n) is 7.18. The van der Waals surface area contributed by atoms with Crippen molar-refractivity contribution in [3.05, 3.63) is 63.5 Å². The van der Waals surface area contributed by atoms with Crippen molar-refractivity contribution in [3.8, 4) is 5.75 Å². The summed E-state index contributed by atoms with van der Waals surface area (Å²) in [5.74, 6) is -2.72. The minimum Gasteiger partial charge on any atom is -0.494 e. The van der Waals surface area contributed by atoms with Crippen LogP contribution < -0.4 is 4.74 Å². The van der Waals surface area contributed by atoms with Gasteiger partial charge in [-0.25, -0.2) is 4.39 Å². The lowest BCUT2D eigenvalue weighted by Gasteiger charge is -2.14. The molecule has 1 heterocycles. The molecular weight excluding hydrogens is 453 g/mol. The van der Waals surface area contributed by atoms with Gasteiger partial charge >= 0.3 is 5.97 Å². The number of aliphatic carboxylic acids is 1. The average molecular weight is 476 g/mol. The highest BCUT2D eigenvalue weighted by Crippen LogP contribution is 2.38. The Kier molecular flexibility index (Phi) is 6.61. The highest BCUT2D eigenvalue weighted by Gasteiger charge is 2.30. The molecule has 0 saturated carbocycles. The van der Waals surface area contributed by atoms with Crippen molar-refractivity contribution in [1.82, 2.24) is 4.57 Å². The summed E-state index contributed by atoms with van der Waals surface area (Å²) in [4.78, 5) is 25.4. The van der Waals surface area contributed by atoms with E-state index in [-0.39, 0.29) is 11.7 Å². The molecule has 158 valence electrons. The van der Waals surface area contributed by atoms with Crippen molar-refractivity contribution in [2.75, 3.05) is 7.11 Å². The van der Waals surface area contributed by atoms with E-state index in [1.54, 1.807) is 31.2 Å². The van der Waals surface area contributed by atoms with Gasteiger partial charge in [-0.2, -0.15) is 0 Å². The molecule has 3 rings (SSSR count). The van der Waals surface area contributed by atoms with Crippen LogP contribution in [-0.4, -0.2) is 28.7 Å². The summed E-state index contributed by atoms with van der Waals surface area (Å²) < 4.78 is 21.9. The maximum absolute atomic E-state index is 14.5. The van der Waals surface area contributed by atoms with E-state index >= 15 is 0 Å². The number of nitrogens with zero attached hydrogens (tertiary/aromatic N) is 1. The van der Waals surface area contributed by atoms with Crippen LogP contribution in [0.25, 0.3) is 10.9 Å². The van der Waals surface area contributed by atoms with Crippen molar-refractivity contribution in [2.45, 2.75) is 39.0 Å². The first-order valence-corrected chi connectivity index (χ1v) is 10.5. The monoisotopic (exact) mass is 475 g/mol. The van der Waals surface area contributed by atoms with Crippen molar-refractivity contribution < 1.29 is 23.8 Å². The number of hydrogen-bond acceptors (Lipinski definition) is 3. The van der Waals surface area contributed by atoms with Gasteiger partial charge in [-0.3, -0.25) is 14.2 Å². The van der Waals surface area contributed by atoms with Crippen LogP contribution in [0.3, 0.4) is 0 Å². The minimum atomic E-state index is -0.968. The van der Waals surface area contributed by atoms with Crippen LogP contribution in [0.2, 0.25) is 0 Å². The van der Waals surface area contributed by atoms with Gasteiger partial charge in [0.1, 0.15) is 0 Å². The summed E-state index contributed by atoms with van der Waals surface area (Å²) in [6.45, 7) is 3.70. The van der Waals surface area contributed by atoms with Gasteiger partial charge in [0.25, 0.3) is 5.91 Å². The van der Waals surface area contributed by atoms with Gasteiger partial charge in [0, 0.05) is 27.2 Å². The molecule has 1 atom stereocenters. The number of halogens is 2. The number of unbranched alkanes of at least 4 members (excludes halogenated alkanes) is 1. The van der Waals surface area contributed by atoms with Crippen LogP contribution in [-0.2, 0) is 4.79 Å². The van der Waals surface area contributed by atoms with Gasteiger partial charge in [-0.05, 0) is 49.2 Å². The van der Waals surface area contributed by atoms with E-state index in [9.17, 15) is 19.1 Å². The number of carbonyl (C=O) groups is 2. The smallest absolute Gasteiger partial charge is 0.311 e. The highest BCUT2D eigenvalue weighted by molar-refractivity contribution is 9.10. The van der Waals surface area contributed by atoms with Gasteiger partial charge in [-0.1, -0.05) is 35.7 Å². The molecule has 0 fully saturated rings. The Morgan fingerprint density at radius 1 is 1.23 bits per heavy atom. The summed E-state index contributed by atoms with van der Waals surface area (Å²) in [6.07, 6.45) is 2.00. The number of methoxy groups -OCH3 is 1. The summed E-state index contributed by atoms with van der Waals surface area (Å²) in [5.41, 5.74) is 1.77. The predicted molar refractivity (Wildman–Crippen MR) is 117 cm³/mol. The van der Waals surface area contributed by atoms with E-state index < -0.39 is 17.7 Å². The van der Waals surface area contributed by atoms with Crippen LogP contribution in [0, 0.1) is 12.7 Å². The zero-order valence-electron chi connectivity index (χ0n) is 17.0. The zero-order chi connectivity index (χ0) is 22.0. The fourth-order valence-electron chi connectivity index (χ4n) is 3.82. The third kappa shape index (κ3) is 3.99. The van der Waals surface area contributed by atoms with E-state index in [0.717, 1.165) is 17.3 Å². The Bertz CT molecular complexity index is 1100. The Balaban J connectivity index is 2.30. The Labute approximate surface area is 182 Å². The molecule has 1 N–H and O–H groups in total. The van der Waals surface area contributed by atoms with Gasteiger partial charge in [-0.15, -0.1) is 0 Å². The topological polar surface area (TPSA) is 68.5 Å². The van der Waals surface area contributed by atoms with Crippen LogP contribution in [0.5, 0.6) is 5.75 Å². The maximum Gasteiger partial charge on any atom is 0.311 e. The van der Waals surface area contributed by atoms with E-state index in [0.29, 0.717) is 34.1 Å². The molecule has 0 bridgehead atoms. The molecule has 0 saturated heterocycles. The molecule has 0 aliphatic rings. The molecule has 1 aromatic heterocycles. The van der Waals surface area contributed by atoms with Crippen LogP contribution in [0.15, 0.2) is 40.9 Å². The van der Waals surface area contributed by atoms with Gasteiger partial charge < -0.3 is 9.84 Å². The first-order valence-electron chi connectivity index (χ1n) is 9.71. The normalized spacial score (nSPS) is 12.2. The number of aromatic nitrogens is 1. The number of carboxylic acids is 1. The molecule has 0 spiro atoms. The maximum atomic E-state index is 14.5. The Hall–Kier alpha value is -2.67. The number of carboxylic acid groups (broad SMARTS) is 1. The first kappa shape index (κ1) is 22.0. The van der Waals surface area contributed by atoms with Crippen molar-refractivity contribution >= 4 is 38.7 Å². The number of ether oxygens (including phenoxy) is 1. The quantitative estimate of drug-likeness (QED) is 0.461. The lowest BCUT2D eigenvalue weighted by molar-refractivity contribution is -0.139. The Morgan fingerprint density at radius 2 is 1.90 bits per heavy atom. The van der Waals surface area contributed by atoms with Gasteiger partial charge in [0.05, 0.1) is 18.5 Å². The summed E-state index contributed by atoms with van der Waals surface area (Å²) in [7, 11) is 1.35. The summed E-state index contributed by atoms with van der Waals surface area (Å²) in [5, 5.41) is 10.4. The van der Waals surface area contributed by atoms with Crippen molar-refractivity contribution in [2.24, 2.45) is 0 Å². The number of benzene rings is 2. The van der Waals surface area contributed by atoms with E-state index in [1.165, 1.54) is 23.8 Å². The fourth-order valence-corrected chi connectivity index (χ4v) is 4.08. The van der Waals surface area contributed by atoms with Crippen LogP contribution in [0.1, 0.15) is 53.7 Å². The lowest BCUT2D eigenvalue weighted by Crippen LogP contribution is -2.16. The predicted octanol–water partition coefficient (Wildman–Crippen LogP) is 5.91. The third-order valence-electron chi connectivity index (χ3n) is 5.31. The summed E-state index contributed by atoms with van der Waals surface area (Å²) in [6, 6.07) is 9.56. The summed E-state index contributed by atoms with van der Waals surface area (Å²) >= 11 is 3.35. The molecule has 30 heavy (non-hydrogen) atoms. The van der Waals surface area contributed by atoms with Gasteiger partial charge in [0.2, 0.25) is 0 Å². The minimum absolute atomic E-state index is 0.0108. The molecule has 5 nitrogen and oxygen atoms in total. The van der Waals surface area contributed by atoms with Crippen molar-refractivity contribution in [1.29, 1.82) is 0 Å². The highest BCUT2D eigenvalue weighted by atomic mass is 79.9. The molecule has 3 aromatic rings. The van der Waals surface area contributed by atoms with E-state index in [2.05, 4.69) is 15.9 Å². The zero-order valence-corrected chi connectivity index (χ0v) is 18.6. The molecule has 0 aliphatic carbocycles. The van der Waals surface area contributed by atoms with E-state index in [4.69, 9.17) is 4.74 Å². The largest absolute Gasteiger partial charge is 0.494 e. The Morgan fingerprint density at radius 3 is 2.47 bits per heavy atom. The SMILES string of the molecule is CCCCC(C(=O)O)c1c(C)n(C(=O)c2ccc(Br)cc2)c2cc(F)c(OC)cc12. The number of rotatable bonds is 7. The lowest BCUT2D eigenvalue weighted by atomic mass is 9.91. The van der Waals surface area contributed by atoms with Gasteiger partial charge in [0.15, 0.2) is 11.6 Å². The molecular formula is C23H23BrFNO4. The molecule has 2 aromatic carbocycles. The standard InChI is InChI=1S/C23H23BrFNO4/c1-4-5-6-16(23(28)29)21-13(2)26(22(27)14-7-9-15(24)10-8-14)19-12-18(25)20(30-3)11-17(19)21/h7-12,16H,4-6H2,1-3H3,(H,28,29). The number of hydrogen-bond donors (Lipinski definition) is 1. The molecule has 7 heteroatoms. The first-order chi connectivity index (χ1) is 14.3. The fraction of sp³-hybridized carbons (Fsp3) is 0.304. The second kappa shape index (κ2) is 9.00. The second-order valence-corrected chi connectivity index (χ2v) is 8.10. The van der Waals surface area contributed by atoms with Crippen LogP contribution in [0.4, 0.5) is 4.39 Å². The number of carbonyl (C=O) groups excluding carboxylic acids is 1. The average Bonchev–Trinajstić information content (AvgIpc) is 2.98. The molecule has 1 unspecified atom stereocenters. The van der Waals surface area contributed by atoms with Crippen LogP contribution >= 0.6 is 15.9 Å². The number of fused-ring (bicyclic) bond motifs is 1. The molecule has 0 aliphatic heterocycles. The molecule has 0 amide bonds. The van der Waals surface area contributed by atoms with E-state index in [1.807, 2.05) is 6.92 Å². The third-order valence-corrected chi connectivity index (χ3v) is 5.84. The molecule has 0 radical (unpaired) electrons. The van der Waals surface area contributed by atoms with Crippen molar-refractivity contribution in [3.63, 3.8) is 0 Å².